The van der Waals surface area contributed by atoms with Crippen molar-refractivity contribution >= 4 is 21.7 Å². The second-order valence-corrected chi connectivity index (χ2v) is 9.45. The van der Waals surface area contributed by atoms with Gasteiger partial charge in [0.05, 0.1) is 4.90 Å². The Labute approximate surface area is 180 Å². The maximum absolute atomic E-state index is 12.9. The van der Waals surface area contributed by atoms with Gasteiger partial charge in [0.1, 0.15) is 24.3 Å². The molecule has 1 aliphatic rings. The van der Waals surface area contributed by atoms with E-state index in [0.29, 0.717) is 31.7 Å². The molecule has 0 saturated carbocycles. The number of hydrogen-bond donors (Lipinski definition) is 0. The molecule has 1 amide bonds. The number of nitrogens with zero attached hydrogens (tertiary/aromatic N) is 7. The number of benzene rings is 1. The molecule has 3 heterocycles. The molecule has 1 fully saturated rings. The fourth-order valence-electron chi connectivity index (χ4n) is 3.35. The van der Waals surface area contributed by atoms with Crippen LogP contribution in [0.4, 0.5) is 5.82 Å². The molecule has 0 atom stereocenters. The Kier molecular flexibility index (Phi) is 5.70. The highest BCUT2D eigenvalue weighted by molar-refractivity contribution is 7.89. The molecule has 0 aliphatic carbocycles. The maximum Gasteiger partial charge on any atom is 0.253 e. The van der Waals surface area contributed by atoms with Crippen LogP contribution in [-0.2, 0) is 10.0 Å². The predicted molar refractivity (Wildman–Crippen MR) is 115 cm³/mol. The molecule has 4 rings (SSSR count). The normalized spacial score (nSPS) is 14.8. The van der Waals surface area contributed by atoms with Gasteiger partial charge >= 0.3 is 0 Å². The van der Waals surface area contributed by atoms with E-state index in [1.165, 1.54) is 32.6 Å². The van der Waals surface area contributed by atoms with Gasteiger partial charge in [-0.1, -0.05) is 0 Å². The largest absolute Gasteiger partial charge is 0.353 e. The average molecular weight is 442 g/mol. The summed E-state index contributed by atoms with van der Waals surface area (Å²) in [5.41, 5.74) is 0.468. The van der Waals surface area contributed by atoms with Crippen LogP contribution in [0.25, 0.3) is 5.82 Å². The van der Waals surface area contributed by atoms with E-state index in [1.54, 1.807) is 29.6 Å². The third kappa shape index (κ3) is 4.28. The number of sulfonamides is 1. The highest BCUT2D eigenvalue weighted by Gasteiger charge is 2.24. The van der Waals surface area contributed by atoms with Crippen molar-refractivity contribution in [3.8, 4) is 5.82 Å². The van der Waals surface area contributed by atoms with E-state index in [4.69, 9.17) is 0 Å². The van der Waals surface area contributed by atoms with Crippen LogP contribution in [0, 0.1) is 0 Å². The number of hydrogen-bond acceptors (Lipinski definition) is 7. The standard InChI is InChI=1S/C20H23N7O3S/c1-24(2)31(29,30)17-5-3-16(4-6-17)20(28)26-11-9-25(10-12-26)18-13-19(23-14-22-18)27-8-7-21-15-27/h3-8,13-15H,9-12H2,1-2H3. The number of rotatable bonds is 5. The molecule has 11 heteroatoms. The van der Waals surface area contributed by atoms with Crippen LogP contribution in [0.1, 0.15) is 10.4 Å². The molecule has 3 aromatic rings. The smallest absolute Gasteiger partial charge is 0.253 e. The summed E-state index contributed by atoms with van der Waals surface area (Å²) in [4.78, 5) is 29.6. The average Bonchev–Trinajstić information content (AvgIpc) is 3.34. The van der Waals surface area contributed by atoms with Gasteiger partial charge < -0.3 is 9.80 Å². The molecule has 0 unspecified atom stereocenters. The molecular weight excluding hydrogens is 418 g/mol. The monoisotopic (exact) mass is 441 g/mol. The minimum Gasteiger partial charge on any atom is -0.353 e. The summed E-state index contributed by atoms with van der Waals surface area (Å²) >= 11 is 0. The highest BCUT2D eigenvalue weighted by atomic mass is 32.2. The zero-order valence-corrected chi connectivity index (χ0v) is 18.1. The Bertz CT molecular complexity index is 1150. The van der Waals surface area contributed by atoms with E-state index in [-0.39, 0.29) is 10.8 Å². The Hall–Kier alpha value is -3.31. The number of carbonyl (C=O) groups excluding carboxylic acids is 1. The second kappa shape index (κ2) is 8.44. The molecule has 31 heavy (non-hydrogen) atoms. The fraction of sp³-hybridized carbons (Fsp3) is 0.300. The minimum atomic E-state index is -3.52. The van der Waals surface area contributed by atoms with Gasteiger partial charge in [-0.25, -0.2) is 27.7 Å². The lowest BCUT2D eigenvalue weighted by Gasteiger charge is -2.35. The highest BCUT2D eigenvalue weighted by Crippen LogP contribution is 2.19. The summed E-state index contributed by atoms with van der Waals surface area (Å²) in [5, 5.41) is 0. The molecule has 162 valence electrons. The van der Waals surface area contributed by atoms with Gasteiger partial charge in [0.2, 0.25) is 10.0 Å². The molecule has 1 aromatic carbocycles. The van der Waals surface area contributed by atoms with Gasteiger partial charge in [0.25, 0.3) is 5.91 Å². The third-order valence-electron chi connectivity index (χ3n) is 5.18. The van der Waals surface area contributed by atoms with Crippen molar-refractivity contribution in [2.75, 3.05) is 45.2 Å². The van der Waals surface area contributed by atoms with Crippen LogP contribution in [0.15, 0.2) is 60.3 Å². The fourth-order valence-corrected chi connectivity index (χ4v) is 4.25. The van der Waals surface area contributed by atoms with Gasteiger partial charge in [-0.2, -0.15) is 0 Å². The third-order valence-corrected chi connectivity index (χ3v) is 7.01. The van der Waals surface area contributed by atoms with Crippen LogP contribution < -0.4 is 4.90 Å². The first-order chi connectivity index (χ1) is 14.9. The van der Waals surface area contributed by atoms with Gasteiger partial charge in [-0.3, -0.25) is 9.36 Å². The van der Waals surface area contributed by atoms with Crippen LogP contribution in [-0.4, -0.2) is 83.3 Å². The summed E-state index contributed by atoms with van der Waals surface area (Å²) in [6.45, 7) is 2.36. The lowest BCUT2D eigenvalue weighted by molar-refractivity contribution is 0.0746. The summed E-state index contributed by atoms with van der Waals surface area (Å²) in [6.07, 6.45) is 6.70. The van der Waals surface area contributed by atoms with Crippen LogP contribution in [0.5, 0.6) is 0 Å². The van der Waals surface area contributed by atoms with Crippen molar-refractivity contribution < 1.29 is 13.2 Å². The Balaban J connectivity index is 1.41. The summed E-state index contributed by atoms with van der Waals surface area (Å²) < 4.78 is 27.3. The SMILES string of the molecule is CN(C)S(=O)(=O)c1ccc(C(=O)N2CCN(c3cc(-n4ccnc4)ncn3)CC2)cc1. The van der Waals surface area contributed by atoms with Gasteiger partial charge in [-0.05, 0) is 24.3 Å². The van der Waals surface area contributed by atoms with Crippen molar-refractivity contribution in [3.05, 3.63) is 60.9 Å². The zero-order valence-electron chi connectivity index (χ0n) is 17.3. The van der Waals surface area contributed by atoms with Crippen molar-refractivity contribution in [1.82, 2.24) is 28.7 Å². The molecule has 2 aromatic heterocycles. The maximum atomic E-state index is 12.9. The van der Waals surface area contributed by atoms with E-state index in [1.807, 2.05) is 16.8 Å². The first-order valence-electron chi connectivity index (χ1n) is 9.73. The summed E-state index contributed by atoms with van der Waals surface area (Å²) in [6, 6.07) is 7.96. The lowest BCUT2D eigenvalue weighted by Crippen LogP contribution is -2.49. The van der Waals surface area contributed by atoms with Gasteiger partial charge in [-0.15, -0.1) is 0 Å². The molecule has 0 spiro atoms. The first-order valence-corrected chi connectivity index (χ1v) is 11.2. The molecule has 0 bridgehead atoms. The van der Waals surface area contributed by atoms with Crippen molar-refractivity contribution in [2.24, 2.45) is 0 Å². The Morgan fingerprint density at radius 3 is 2.29 bits per heavy atom. The quantitative estimate of drug-likeness (QED) is 0.579. The summed E-state index contributed by atoms with van der Waals surface area (Å²) in [5.74, 6) is 1.41. The zero-order chi connectivity index (χ0) is 22.0. The van der Waals surface area contributed by atoms with E-state index < -0.39 is 10.0 Å². The molecule has 0 N–H and O–H groups in total. The number of piperazine rings is 1. The molecule has 1 saturated heterocycles. The van der Waals surface area contributed by atoms with Gasteiger partial charge in [0, 0.05) is 64.3 Å². The van der Waals surface area contributed by atoms with E-state index in [0.717, 1.165) is 15.9 Å². The summed E-state index contributed by atoms with van der Waals surface area (Å²) in [7, 11) is -0.566. The van der Waals surface area contributed by atoms with E-state index in [2.05, 4.69) is 19.9 Å². The molecule has 0 radical (unpaired) electrons. The van der Waals surface area contributed by atoms with Crippen molar-refractivity contribution in [1.29, 1.82) is 0 Å². The van der Waals surface area contributed by atoms with Crippen LogP contribution in [0.2, 0.25) is 0 Å². The number of amides is 1. The number of aromatic nitrogens is 4. The van der Waals surface area contributed by atoms with Gasteiger partial charge in [0.15, 0.2) is 0 Å². The van der Waals surface area contributed by atoms with Crippen LogP contribution >= 0.6 is 0 Å². The molecule has 1 aliphatic heterocycles. The topological polar surface area (TPSA) is 105 Å². The van der Waals surface area contributed by atoms with E-state index >= 15 is 0 Å². The first kappa shape index (κ1) is 20.9. The predicted octanol–water partition coefficient (Wildman–Crippen LogP) is 0.875. The molecule has 10 nitrogen and oxygen atoms in total. The Morgan fingerprint density at radius 2 is 1.68 bits per heavy atom. The number of carbonyl (C=O) groups is 1. The van der Waals surface area contributed by atoms with E-state index in [9.17, 15) is 13.2 Å². The number of imidazole rings is 1. The molecular formula is C20H23N7O3S. The van der Waals surface area contributed by atoms with Crippen molar-refractivity contribution in [2.45, 2.75) is 4.90 Å². The number of anilines is 1. The second-order valence-electron chi connectivity index (χ2n) is 7.30. The minimum absolute atomic E-state index is 0.116. The van der Waals surface area contributed by atoms with Crippen LogP contribution in [0.3, 0.4) is 0 Å². The lowest BCUT2D eigenvalue weighted by atomic mass is 10.2. The van der Waals surface area contributed by atoms with Crippen molar-refractivity contribution in [3.63, 3.8) is 0 Å². The Morgan fingerprint density at radius 1 is 1.00 bits per heavy atom.